The monoisotopic (exact) mass is 326 g/mol. The van der Waals surface area contributed by atoms with Gasteiger partial charge in [-0.25, -0.2) is 9.97 Å². The quantitative estimate of drug-likeness (QED) is 0.577. The maximum atomic E-state index is 5.71. The fourth-order valence-corrected chi connectivity index (χ4v) is 2.45. The predicted molar refractivity (Wildman–Crippen MR) is 91.7 cm³/mol. The topological polar surface area (TPSA) is 72.9 Å². The number of unbranched alkanes of at least 4 members (excludes halogenated alkanes) is 3. The van der Waals surface area contributed by atoms with E-state index in [9.17, 15) is 0 Å². The Balaban J connectivity index is 1.24. The van der Waals surface area contributed by atoms with Gasteiger partial charge in [0.25, 0.3) is 0 Å². The zero-order chi connectivity index (χ0) is 16.5. The second-order valence-electron chi connectivity index (χ2n) is 5.58. The van der Waals surface area contributed by atoms with E-state index in [2.05, 4.69) is 32.1 Å². The van der Waals surface area contributed by atoms with Gasteiger partial charge in [0.05, 0.1) is 19.5 Å². The van der Waals surface area contributed by atoms with E-state index in [1.807, 2.05) is 18.2 Å². The molecule has 0 saturated heterocycles. The van der Waals surface area contributed by atoms with Gasteiger partial charge in [0.1, 0.15) is 11.8 Å². The molecule has 6 nitrogen and oxygen atoms in total. The predicted octanol–water partition coefficient (Wildman–Crippen LogP) is 3.51. The summed E-state index contributed by atoms with van der Waals surface area (Å²) in [7, 11) is 0. The Morgan fingerprint density at radius 1 is 0.875 bits per heavy atom. The van der Waals surface area contributed by atoms with Crippen LogP contribution in [0.2, 0.25) is 0 Å². The normalized spacial score (nSPS) is 11.0. The van der Waals surface area contributed by atoms with Crippen LogP contribution in [0.4, 0.5) is 0 Å². The van der Waals surface area contributed by atoms with Gasteiger partial charge in [-0.3, -0.25) is 0 Å². The first-order valence-electron chi connectivity index (χ1n) is 8.32. The standard InChI is InChI=1S/C18H22N4O2/c1(6-10-23-12-15-8-4-3-5-9-15)2-7-11-24-18-16-17(20-13-19-16)21-14-22-18/h3-5,8-9,13-14H,1-2,6-7,10-12H2,(H,19,20,21,22). The van der Waals surface area contributed by atoms with E-state index >= 15 is 0 Å². The number of benzene rings is 1. The van der Waals surface area contributed by atoms with Gasteiger partial charge in [-0.1, -0.05) is 36.8 Å². The molecule has 3 aromatic rings. The smallest absolute Gasteiger partial charge is 0.243 e. The molecular weight excluding hydrogens is 304 g/mol. The molecule has 0 aliphatic carbocycles. The Morgan fingerprint density at radius 2 is 1.71 bits per heavy atom. The second-order valence-corrected chi connectivity index (χ2v) is 5.58. The number of aromatic amines is 1. The van der Waals surface area contributed by atoms with E-state index in [4.69, 9.17) is 9.47 Å². The lowest BCUT2D eigenvalue weighted by molar-refractivity contribution is 0.116. The Morgan fingerprint density at radius 3 is 2.58 bits per heavy atom. The molecule has 0 saturated carbocycles. The van der Waals surface area contributed by atoms with Gasteiger partial charge >= 0.3 is 0 Å². The molecule has 0 amide bonds. The molecule has 0 spiro atoms. The summed E-state index contributed by atoms with van der Waals surface area (Å²) in [5.41, 5.74) is 2.61. The van der Waals surface area contributed by atoms with Crippen molar-refractivity contribution in [2.75, 3.05) is 13.2 Å². The number of hydrogen-bond donors (Lipinski definition) is 1. The van der Waals surface area contributed by atoms with Crippen molar-refractivity contribution in [3.8, 4) is 5.88 Å². The first-order valence-corrected chi connectivity index (χ1v) is 8.32. The van der Waals surface area contributed by atoms with Gasteiger partial charge in [0, 0.05) is 6.61 Å². The summed E-state index contributed by atoms with van der Waals surface area (Å²) in [5.74, 6) is 0.573. The molecule has 3 rings (SSSR count). The summed E-state index contributed by atoms with van der Waals surface area (Å²) < 4.78 is 11.4. The summed E-state index contributed by atoms with van der Waals surface area (Å²) in [6.07, 6.45) is 7.40. The summed E-state index contributed by atoms with van der Waals surface area (Å²) in [4.78, 5) is 15.3. The SMILES string of the molecule is c1ccc(COCCCCCCOc2ncnc3nc[nH]c23)cc1. The number of nitrogens with zero attached hydrogens (tertiary/aromatic N) is 3. The Kier molecular flexibility index (Phi) is 6.13. The molecule has 0 radical (unpaired) electrons. The maximum absolute atomic E-state index is 5.71. The largest absolute Gasteiger partial charge is 0.476 e. The van der Waals surface area contributed by atoms with Crippen molar-refractivity contribution in [2.45, 2.75) is 32.3 Å². The molecule has 6 heteroatoms. The van der Waals surface area contributed by atoms with Crippen LogP contribution < -0.4 is 4.74 Å². The van der Waals surface area contributed by atoms with Crippen molar-refractivity contribution in [3.63, 3.8) is 0 Å². The van der Waals surface area contributed by atoms with Crippen molar-refractivity contribution in [1.29, 1.82) is 0 Å². The average Bonchev–Trinajstić information content (AvgIpc) is 3.11. The van der Waals surface area contributed by atoms with Crippen molar-refractivity contribution >= 4 is 11.2 Å². The van der Waals surface area contributed by atoms with Crippen LogP contribution in [0.5, 0.6) is 5.88 Å². The van der Waals surface area contributed by atoms with Gasteiger partial charge in [0.2, 0.25) is 5.88 Å². The van der Waals surface area contributed by atoms with E-state index in [-0.39, 0.29) is 0 Å². The molecule has 1 N–H and O–H groups in total. The van der Waals surface area contributed by atoms with E-state index in [0.717, 1.165) is 37.8 Å². The third-order valence-electron chi connectivity index (χ3n) is 3.72. The van der Waals surface area contributed by atoms with E-state index in [0.29, 0.717) is 24.7 Å². The molecule has 24 heavy (non-hydrogen) atoms. The van der Waals surface area contributed by atoms with Crippen molar-refractivity contribution in [2.24, 2.45) is 0 Å². The van der Waals surface area contributed by atoms with Gasteiger partial charge in [-0.2, -0.15) is 4.98 Å². The number of aromatic nitrogens is 4. The summed E-state index contributed by atoms with van der Waals surface area (Å²) >= 11 is 0. The molecule has 0 aliphatic heterocycles. The zero-order valence-corrected chi connectivity index (χ0v) is 13.6. The molecule has 2 heterocycles. The Bertz CT molecular complexity index is 730. The minimum atomic E-state index is 0.573. The van der Waals surface area contributed by atoms with Crippen molar-refractivity contribution < 1.29 is 9.47 Å². The van der Waals surface area contributed by atoms with E-state index < -0.39 is 0 Å². The number of fused-ring (bicyclic) bond motifs is 1. The summed E-state index contributed by atoms with van der Waals surface area (Å²) in [6, 6.07) is 10.3. The fourth-order valence-electron chi connectivity index (χ4n) is 2.45. The molecular formula is C18H22N4O2. The van der Waals surface area contributed by atoms with E-state index in [1.54, 1.807) is 6.33 Å². The third kappa shape index (κ3) is 4.76. The molecule has 126 valence electrons. The van der Waals surface area contributed by atoms with Gasteiger partial charge in [-0.15, -0.1) is 0 Å². The van der Waals surface area contributed by atoms with Gasteiger partial charge in [0.15, 0.2) is 5.65 Å². The minimum absolute atomic E-state index is 0.573. The molecule has 0 atom stereocenters. The molecule has 0 bridgehead atoms. The average molecular weight is 326 g/mol. The van der Waals surface area contributed by atoms with Crippen LogP contribution in [0.25, 0.3) is 11.2 Å². The van der Waals surface area contributed by atoms with Crippen LogP contribution in [0.15, 0.2) is 43.0 Å². The molecule has 0 fully saturated rings. The lowest BCUT2D eigenvalue weighted by Crippen LogP contribution is -2.01. The third-order valence-corrected chi connectivity index (χ3v) is 3.72. The number of nitrogens with one attached hydrogen (secondary N) is 1. The van der Waals surface area contributed by atoms with Crippen molar-refractivity contribution in [3.05, 3.63) is 48.5 Å². The molecule has 2 aromatic heterocycles. The first kappa shape index (κ1) is 16.4. The first-order chi connectivity index (χ1) is 11.9. The summed E-state index contributed by atoms with van der Waals surface area (Å²) in [6.45, 7) is 2.14. The fraction of sp³-hybridized carbons (Fsp3) is 0.389. The summed E-state index contributed by atoms with van der Waals surface area (Å²) in [5, 5.41) is 0. The lowest BCUT2D eigenvalue weighted by atomic mass is 10.2. The van der Waals surface area contributed by atoms with Crippen molar-refractivity contribution in [1.82, 2.24) is 19.9 Å². The maximum Gasteiger partial charge on any atom is 0.243 e. The Hall–Kier alpha value is -2.47. The zero-order valence-electron chi connectivity index (χ0n) is 13.6. The highest BCUT2D eigenvalue weighted by Crippen LogP contribution is 2.17. The van der Waals surface area contributed by atoms with Crippen LogP contribution in [-0.2, 0) is 11.3 Å². The highest BCUT2D eigenvalue weighted by atomic mass is 16.5. The number of hydrogen-bond acceptors (Lipinski definition) is 5. The highest BCUT2D eigenvalue weighted by Gasteiger charge is 2.06. The van der Waals surface area contributed by atoms with Gasteiger partial charge in [-0.05, 0) is 24.8 Å². The molecule has 1 aromatic carbocycles. The Labute approximate surface area is 141 Å². The highest BCUT2D eigenvalue weighted by molar-refractivity contribution is 5.74. The minimum Gasteiger partial charge on any atom is -0.476 e. The van der Waals surface area contributed by atoms with E-state index in [1.165, 1.54) is 11.9 Å². The molecule has 0 aliphatic rings. The lowest BCUT2D eigenvalue weighted by Gasteiger charge is -2.06. The van der Waals surface area contributed by atoms with Crippen LogP contribution in [0.1, 0.15) is 31.2 Å². The number of imidazole rings is 1. The van der Waals surface area contributed by atoms with Crippen LogP contribution in [0.3, 0.4) is 0 Å². The van der Waals surface area contributed by atoms with Crippen LogP contribution in [-0.4, -0.2) is 33.1 Å². The van der Waals surface area contributed by atoms with Gasteiger partial charge < -0.3 is 14.5 Å². The van der Waals surface area contributed by atoms with Crippen LogP contribution in [0, 0.1) is 0 Å². The number of rotatable bonds is 10. The van der Waals surface area contributed by atoms with Crippen LogP contribution >= 0.6 is 0 Å². The number of ether oxygens (including phenoxy) is 2. The molecule has 0 unspecified atom stereocenters. The second kappa shape index (κ2) is 8.98. The number of H-pyrrole nitrogens is 1.